The molecule has 7 nitrogen and oxygen atoms in total. The van der Waals surface area contributed by atoms with E-state index >= 15 is 0 Å². The van der Waals surface area contributed by atoms with Crippen LogP contribution in [0.4, 0.5) is 5.69 Å². The molecular formula is C14H15N3O4. The van der Waals surface area contributed by atoms with Crippen LogP contribution >= 0.6 is 0 Å². The molecule has 0 unspecified atom stereocenters. The summed E-state index contributed by atoms with van der Waals surface area (Å²) < 4.78 is 10.4. The Morgan fingerprint density at radius 3 is 2.71 bits per heavy atom. The summed E-state index contributed by atoms with van der Waals surface area (Å²) in [7, 11) is 1.46. The number of amides is 1. The summed E-state index contributed by atoms with van der Waals surface area (Å²) in [5, 5.41) is 14.4. The van der Waals surface area contributed by atoms with E-state index in [-0.39, 0.29) is 11.6 Å². The summed E-state index contributed by atoms with van der Waals surface area (Å²) in [6.45, 7) is 1.74. The predicted molar refractivity (Wildman–Crippen MR) is 76.9 cm³/mol. The molecule has 2 aromatic rings. The number of ether oxygens (including phenoxy) is 1. The Labute approximate surface area is 121 Å². The fourth-order valence-electron chi connectivity index (χ4n) is 1.83. The van der Waals surface area contributed by atoms with Crippen LogP contribution in [0.15, 0.2) is 39.9 Å². The monoisotopic (exact) mass is 289 g/mol. The van der Waals surface area contributed by atoms with Crippen molar-refractivity contribution in [3.63, 3.8) is 0 Å². The topological polar surface area (TPSA) is 110 Å². The fourth-order valence-corrected chi connectivity index (χ4v) is 1.83. The zero-order valence-corrected chi connectivity index (χ0v) is 11.6. The van der Waals surface area contributed by atoms with E-state index in [0.29, 0.717) is 22.8 Å². The largest absolute Gasteiger partial charge is 0.495 e. The maximum absolute atomic E-state index is 12.2. The first-order valence-electron chi connectivity index (χ1n) is 6.09. The maximum atomic E-state index is 12.2. The summed E-state index contributed by atoms with van der Waals surface area (Å²) in [5.74, 6) is 0.566. The number of carbonyl (C=O) groups is 1. The van der Waals surface area contributed by atoms with Gasteiger partial charge in [-0.2, -0.15) is 0 Å². The highest BCUT2D eigenvalue weighted by atomic mass is 16.5. The quantitative estimate of drug-likeness (QED) is 0.345. The number of furan rings is 1. The first-order chi connectivity index (χ1) is 10.1. The molecular weight excluding hydrogens is 274 g/mol. The number of amidine groups is 1. The summed E-state index contributed by atoms with van der Waals surface area (Å²) in [6.07, 6.45) is 0. The molecule has 0 aliphatic rings. The minimum absolute atomic E-state index is 0.139. The van der Waals surface area contributed by atoms with Crippen molar-refractivity contribution >= 4 is 17.4 Å². The van der Waals surface area contributed by atoms with Crippen LogP contribution in [0.25, 0.3) is 0 Å². The van der Waals surface area contributed by atoms with Gasteiger partial charge in [0.1, 0.15) is 11.5 Å². The van der Waals surface area contributed by atoms with Crippen LogP contribution in [-0.4, -0.2) is 24.1 Å². The fraction of sp³-hybridized carbons (Fsp3) is 0.143. The molecule has 0 bridgehead atoms. The van der Waals surface area contributed by atoms with E-state index < -0.39 is 5.91 Å². The highest BCUT2D eigenvalue weighted by Gasteiger charge is 2.17. The van der Waals surface area contributed by atoms with E-state index in [9.17, 15) is 4.79 Å². The van der Waals surface area contributed by atoms with Gasteiger partial charge in [-0.1, -0.05) is 11.2 Å². The third-order valence-electron chi connectivity index (χ3n) is 2.83. The van der Waals surface area contributed by atoms with Gasteiger partial charge >= 0.3 is 0 Å². The van der Waals surface area contributed by atoms with Gasteiger partial charge in [0.25, 0.3) is 5.91 Å². The second kappa shape index (κ2) is 6.00. The number of nitrogens with one attached hydrogen (secondary N) is 1. The minimum atomic E-state index is -0.459. The lowest BCUT2D eigenvalue weighted by molar-refractivity contribution is 0.0995. The van der Waals surface area contributed by atoms with Crippen LogP contribution in [0.3, 0.4) is 0 Å². The highest BCUT2D eigenvalue weighted by molar-refractivity contribution is 6.10. The number of para-hydroxylation sites is 1. The van der Waals surface area contributed by atoms with Gasteiger partial charge < -0.3 is 25.4 Å². The van der Waals surface area contributed by atoms with Crippen LogP contribution in [0, 0.1) is 6.92 Å². The number of rotatable bonds is 4. The maximum Gasteiger partial charge on any atom is 0.291 e. The van der Waals surface area contributed by atoms with Gasteiger partial charge in [-0.25, -0.2) is 0 Å². The van der Waals surface area contributed by atoms with Crippen molar-refractivity contribution in [3.05, 3.63) is 47.4 Å². The molecule has 2 rings (SSSR count). The molecule has 0 aliphatic heterocycles. The third kappa shape index (κ3) is 2.97. The molecule has 0 saturated heterocycles. The molecule has 1 aromatic carbocycles. The van der Waals surface area contributed by atoms with Crippen LogP contribution in [0.1, 0.15) is 21.9 Å². The Morgan fingerprint density at radius 2 is 2.14 bits per heavy atom. The van der Waals surface area contributed by atoms with Gasteiger partial charge in [-0.05, 0) is 31.2 Å². The average Bonchev–Trinajstić information content (AvgIpc) is 2.93. The molecule has 110 valence electrons. The van der Waals surface area contributed by atoms with Crippen molar-refractivity contribution in [1.29, 1.82) is 0 Å². The molecule has 21 heavy (non-hydrogen) atoms. The zero-order valence-electron chi connectivity index (χ0n) is 11.6. The third-order valence-corrected chi connectivity index (χ3v) is 2.83. The SMILES string of the molecule is COc1cccc(/C(N)=N/O)c1NC(=O)c1ccc(C)o1. The number of benzene rings is 1. The molecule has 1 aromatic heterocycles. The van der Waals surface area contributed by atoms with Crippen LogP contribution < -0.4 is 15.8 Å². The lowest BCUT2D eigenvalue weighted by Gasteiger charge is -2.13. The van der Waals surface area contributed by atoms with Crippen molar-refractivity contribution in [3.8, 4) is 5.75 Å². The number of hydrogen-bond donors (Lipinski definition) is 3. The molecule has 1 heterocycles. The smallest absolute Gasteiger partial charge is 0.291 e. The molecule has 4 N–H and O–H groups in total. The summed E-state index contributed by atoms with van der Waals surface area (Å²) in [5.41, 5.74) is 6.25. The number of nitrogens with two attached hydrogens (primary N) is 1. The molecule has 0 radical (unpaired) electrons. The standard InChI is InChI=1S/C14H15N3O4/c1-8-6-7-11(21-8)14(18)16-12-9(13(15)17-19)4-3-5-10(12)20-2/h3-7,19H,1-2H3,(H2,15,17)(H,16,18). The van der Waals surface area contributed by atoms with E-state index in [4.69, 9.17) is 20.1 Å². The Bertz CT molecular complexity index is 691. The summed E-state index contributed by atoms with van der Waals surface area (Å²) >= 11 is 0. The second-order valence-corrected chi connectivity index (χ2v) is 4.23. The van der Waals surface area contributed by atoms with Crippen molar-refractivity contribution in [1.82, 2.24) is 0 Å². The summed E-state index contributed by atoms with van der Waals surface area (Å²) in [4.78, 5) is 12.2. The van der Waals surface area contributed by atoms with Crippen molar-refractivity contribution in [2.45, 2.75) is 6.92 Å². The lowest BCUT2D eigenvalue weighted by atomic mass is 10.1. The molecule has 0 aliphatic carbocycles. The van der Waals surface area contributed by atoms with E-state index in [1.807, 2.05) is 0 Å². The van der Waals surface area contributed by atoms with Crippen molar-refractivity contribution < 1.29 is 19.2 Å². The van der Waals surface area contributed by atoms with E-state index in [1.54, 1.807) is 37.3 Å². The van der Waals surface area contributed by atoms with E-state index in [1.165, 1.54) is 7.11 Å². The summed E-state index contributed by atoms with van der Waals surface area (Å²) in [6, 6.07) is 8.15. The number of carbonyl (C=O) groups excluding carboxylic acids is 1. The lowest BCUT2D eigenvalue weighted by Crippen LogP contribution is -2.19. The van der Waals surface area contributed by atoms with Gasteiger partial charge in [-0.15, -0.1) is 0 Å². The number of aryl methyl sites for hydroxylation is 1. The van der Waals surface area contributed by atoms with Gasteiger partial charge in [0.2, 0.25) is 0 Å². The predicted octanol–water partition coefficient (Wildman–Crippen LogP) is 1.94. The van der Waals surface area contributed by atoms with Crippen LogP contribution in [-0.2, 0) is 0 Å². The Kier molecular flexibility index (Phi) is 4.13. The molecule has 0 saturated carbocycles. The highest BCUT2D eigenvalue weighted by Crippen LogP contribution is 2.29. The molecule has 0 spiro atoms. The minimum Gasteiger partial charge on any atom is -0.495 e. The van der Waals surface area contributed by atoms with Gasteiger partial charge in [0.05, 0.1) is 12.8 Å². The number of hydrogen-bond acceptors (Lipinski definition) is 5. The van der Waals surface area contributed by atoms with E-state index in [2.05, 4.69) is 10.5 Å². The van der Waals surface area contributed by atoms with Crippen LogP contribution in [0.2, 0.25) is 0 Å². The average molecular weight is 289 g/mol. The number of nitrogens with zero attached hydrogens (tertiary/aromatic N) is 1. The van der Waals surface area contributed by atoms with Gasteiger partial charge in [0.15, 0.2) is 11.6 Å². The molecule has 7 heteroatoms. The van der Waals surface area contributed by atoms with Crippen molar-refractivity contribution in [2.75, 3.05) is 12.4 Å². The second-order valence-electron chi connectivity index (χ2n) is 4.23. The number of anilines is 1. The van der Waals surface area contributed by atoms with Gasteiger partial charge in [-0.3, -0.25) is 4.79 Å². The first kappa shape index (κ1) is 14.4. The van der Waals surface area contributed by atoms with Gasteiger partial charge in [0, 0.05) is 5.56 Å². The van der Waals surface area contributed by atoms with Crippen molar-refractivity contribution in [2.24, 2.45) is 10.9 Å². The Hall–Kier alpha value is -2.96. The zero-order chi connectivity index (χ0) is 15.4. The Balaban J connectivity index is 2.40. The van der Waals surface area contributed by atoms with Crippen LogP contribution in [0.5, 0.6) is 5.75 Å². The molecule has 0 atom stereocenters. The Morgan fingerprint density at radius 1 is 1.38 bits per heavy atom. The molecule has 0 fully saturated rings. The first-order valence-corrected chi connectivity index (χ1v) is 6.09. The normalized spacial score (nSPS) is 11.2. The number of oxime groups is 1. The van der Waals surface area contributed by atoms with E-state index in [0.717, 1.165) is 0 Å². The number of methoxy groups -OCH3 is 1. The molecule has 1 amide bonds.